The van der Waals surface area contributed by atoms with Crippen LogP contribution in [0, 0.1) is 0 Å². The van der Waals surface area contributed by atoms with Crippen molar-refractivity contribution in [3.63, 3.8) is 0 Å². The van der Waals surface area contributed by atoms with Crippen molar-refractivity contribution in [1.82, 2.24) is 9.78 Å². The maximum Gasteiger partial charge on any atom is 0.361 e. The van der Waals surface area contributed by atoms with Gasteiger partial charge in [-0.05, 0) is 49.7 Å². The zero-order valence-corrected chi connectivity index (χ0v) is 16.2. The van der Waals surface area contributed by atoms with Crippen LogP contribution in [0.5, 0.6) is 0 Å². The molecule has 8 heteroatoms. The first-order valence-corrected chi connectivity index (χ1v) is 10.2. The molecule has 2 N–H and O–H groups in total. The Hall–Kier alpha value is -2.47. The minimum atomic E-state index is -3.28. The normalized spacial score (nSPS) is 11.8. The molecule has 0 fully saturated rings. The van der Waals surface area contributed by atoms with Crippen LogP contribution in [0.25, 0.3) is 10.9 Å². The van der Waals surface area contributed by atoms with Gasteiger partial charge in [0.25, 0.3) is 0 Å². The van der Waals surface area contributed by atoms with E-state index in [0.29, 0.717) is 30.6 Å². The van der Waals surface area contributed by atoms with Crippen LogP contribution in [0.3, 0.4) is 0 Å². The van der Waals surface area contributed by atoms with Crippen molar-refractivity contribution < 1.29 is 18.4 Å². The van der Waals surface area contributed by atoms with Crippen molar-refractivity contribution in [2.75, 3.05) is 13.2 Å². The number of fused-ring (bicyclic) bond motifs is 1. The molecule has 0 spiro atoms. The number of benzene rings is 2. The average Bonchev–Trinajstić information content (AvgIpc) is 3.05. The minimum Gasteiger partial charge on any atom is -0.366 e. The number of hydrogen-bond donors (Lipinski definition) is 1. The van der Waals surface area contributed by atoms with Gasteiger partial charge < -0.3 is 14.8 Å². The summed E-state index contributed by atoms with van der Waals surface area (Å²) in [7, 11) is -3.28. The SMILES string of the molecule is CCOP(=O)(OCC)c1ccc(Cn2ncc3cc(C(N)=O)ccc32)cc1. The Kier molecular flexibility index (Phi) is 5.75. The topological polar surface area (TPSA) is 96.4 Å². The van der Waals surface area contributed by atoms with Gasteiger partial charge in [0.05, 0.1) is 36.8 Å². The summed E-state index contributed by atoms with van der Waals surface area (Å²) >= 11 is 0. The van der Waals surface area contributed by atoms with Crippen LogP contribution in [-0.2, 0) is 20.2 Å². The molecule has 1 amide bonds. The average molecular weight is 387 g/mol. The van der Waals surface area contributed by atoms with Gasteiger partial charge in [0.15, 0.2) is 0 Å². The standard InChI is InChI=1S/C19H22N3O4P/c1-3-25-27(24,26-4-2)17-8-5-14(6-9-17)13-22-18-10-7-15(19(20)23)11-16(18)12-21-22/h5-12H,3-4,13H2,1-2H3,(H2,20,23). The molecule has 3 aromatic rings. The second-order valence-electron chi connectivity index (χ2n) is 5.94. The van der Waals surface area contributed by atoms with E-state index in [-0.39, 0.29) is 0 Å². The zero-order chi connectivity index (χ0) is 19.4. The van der Waals surface area contributed by atoms with Gasteiger partial charge in [-0.2, -0.15) is 5.10 Å². The van der Waals surface area contributed by atoms with Crippen molar-refractivity contribution in [3.05, 3.63) is 59.8 Å². The van der Waals surface area contributed by atoms with Crippen LogP contribution >= 0.6 is 7.60 Å². The molecule has 1 aromatic heterocycles. The van der Waals surface area contributed by atoms with Gasteiger partial charge in [0, 0.05) is 10.9 Å². The number of nitrogens with two attached hydrogens (primary N) is 1. The van der Waals surface area contributed by atoms with Crippen molar-refractivity contribution in [2.45, 2.75) is 20.4 Å². The lowest BCUT2D eigenvalue weighted by Crippen LogP contribution is -2.11. The molecule has 0 radical (unpaired) electrons. The summed E-state index contributed by atoms with van der Waals surface area (Å²) in [6.45, 7) is 4.73. The van der Waals surface area contributed by atoms with E-state index in [0.717, 1.165) is 16.5 Å². The fourth-order valence-corrected chi connectivity index (χ4v) is 4.42. The summed E-state index contributed by atoms with van der Waals surface area (Å²) in [4.78, 5) is 11.3. The number of carbonyl (C=O) groups is 1. The monoisotopic (exact) mass is 387 g/mol. The van der Waals surface area contributed by atoms with Crippen LogP contribution in [-0.4, -0.2) is 28.9 Å². The summed E-state index contributed by atoms with van der Waals surface area (Å²) in [5, 5.41) is 5.76. The van der Waals surface area contributed by atoms with Crippen molar-refractivity contribution in [2.24, 2.45) is 5.73 Å². The second kappa shape index (κ2) is 8.05. The van der Waals surface area contributed by atoms with Crippen LogP contribution in [0.1, 0.15) is 29.8 Å². The first-order chi connectivity index (χ1) is 13.0. The number of nitrogens with zero attached hydrogens (tertiary/aromatic N) is 2. The zero-order valence-electron chi connectivity index (χ0n) is 15.3. The first-order valence-electron chi connectivity index (χ1n) is 8.71. The molecule has 2 aromatic carbocycles. The molecule has 0 saturated carbocycles. The Morgan fingerprint density at radius 3 is 2.37 bits per heavy atom. The smallest absolute Gasteiger partial charge is 0.361 e. The Balaban J connectivity index is 1.83. The number of amides is 1. The van der Waals surface area contributed by atoms with E-state index in [4.69, 9.17) is 14.8 Å². The number of primary amides is 1. The Bertz CT molecular complexity index is 988. The maximum absolute atomic E-state index is 12.8. The number of carbonyl (C=O) groups excluding carboxylic acids is 1. The molecule has 0 atom stereocenters. The lowest BCUT2D eigenvalue weighted by molar-refractivity contribution is 0.100. The molecule has 0 aliphatic rings. The molecule has 27 heavy (non-hydrogen) atoms. The highest BCUT2D eigenvalue weighted by Gasteiger charge is 2.26. The number of hydrogen-bond acceptors (Lipinski definition) is 5. The fraction of sp³-hybridized carbons (Fsp3) is 0.263. The number of aromatic nitrogens is 2. The van der Waals surface area contributed by atoms with Gasteiger partial charge in [0.2, 0.25) is 5.91 Å². The third-order valence-corrected chi connectivity index (χ3v) is 6.24. The van der Waals surface area contributed by atoms with Gasteiger partial charge in [-0.3, -0.25) is 14.0 Å². The van der Waals surface area contributed by atoms with Crippen molar-refractivity contribution >= 4 is 29.7 Å². The maximum atomic E-state index is 12.8. The fourth-order valence-electron chi connectivity index (χ4n) is 2.85. The number of rotatable bonds is 8. The molecule has 0 aliphatic heterocycles. The highest BCUT2D eigenvalue weighted by atomic mass is 31.2. The largest absolute Gasteiger partial charge is 0.366 e. The first kappa shape index (κ1) is 19.3. The van der Waals surface area contributed by atoms with Gasteiger partial charge >= 0.3 is 7.60 Å². The summed E-state index contributed by atoms with van der Waals surface area (Å²) in [6.07, 6.45) is 1.70. The highest BCUT2D eigenvalue weighted by molar-refractivity contribution is 7.62. The highest BCUT2D eigenvalue weighted by Crippen LogP contribution is 2.46. The molecule has 3 rings (SSSR count). The van der Waals surface area contributed by atoms with E-state index in [2.05, 4.69) is 5.10 Å². The van der Waals surface area contributed by atoms with Crippen molar-refractivity contribution in [1.29, 1.82) is 0 Å². The van der Waals surface area contributed by atoms with E-state index in [1.807, 2.05) is 22.9 Å². The second-order valence-corrected chi connectivity index (χ2v) is 7.97. The third-order valence-electron chi connectivity index (χ3n) is 4.11. The van der Waals surface area contributed by atoms with Crippen LogP contribution < -0.4 is 11.0 Å². The van der Waals surface area contributed by atoms with E-state index in [1.54, 1.807) is 44.3 Å². The molecule has 0 saturated heterocycles. The van der Waals surface area contributed by atoms with Crippen LogP contribution in [0.2, 0.25) is 0 Å². The van der Waals surface area contributed by atoms with Gasteiger partial charge in [0.1, 0.15) is 0 Å². The van der Waals surface area contributed by atoms with Crippen LogP contribution in [0.4, 0.5) is 0 Å². The Morgan fingerprint density at radius 1 is 1.11 bits per heavy atom. The van der Waals surface area contributed by atoms with E-state index < -0.39 is 13.5 Å². The molecular formula is C19H22N3O4P. The van der Waals surface area contributed by atoms with Crippen molar-refractivity contribution in [3.8, 4) is 0 Å². The van der Waals surface area contributed by atoms with Gasteiger partial charge in [-0.15, -0.1) is 0 Å². The molecule has 0 aliphatic carbocycles. The predicted octanol–water partition coefficient (Wildman–Crippen LogP) is 3.07. The van der Waals surface area contributed by atoms with E-state index in [9.17, 15) is 9.36 Å². The molecule has 0 bridgehead atoms. The summed E-state index contributed by atoms with van der Waals surface area (Å²) in [6, 6.07) is 12.5. The molecule has 0 unspecified atom stereocenters. The summed E-state index contributed by atoms with van der Waals surface area (Å²) in [5.74, 6) is -0.465. The quantitative estimate of drug-likeness (QED) is 0.599. The Morgan fingerprint density at radius 2 is 1.78 bits per heavy atom. The van der Waals surface area contributed by atoms with Crippen LogP contribution in [0.15, 0.2) is 48.7 Å². The molecule has 1 heterocycles. The van der Waals surface area contributed by atoms with Gasteiger partial charge in [-0.1, -0.05) is 12.1 Å². The minimum absolute atomic E-state index is 0.311. The molecular weight excluding hydrogens is 365 g/mol. The molecule has 142 valence electrons. The third kappa shape index (κ3) is 4.11. The summed E-state index contributed by atoms with van der Waals surface area (Å²) in [5.41, 5.74) is 7.66. The van der Waals surface area contributed by atoms with E-state index >= 15 is 0 Å². The summed E-state index contributed by atoms with van der Waals surface area (Å²) < 4.78 is 25.4. The van der Waals surface area contributed by atoms with Gasteiger partial charge in [-0.25, -0.2) is 0 Å². The lowest BCUT2D eigenvalue weighted by Gasteiger charge is -2.17. The Labute approximate surface area is 157 Å². The van der Waals surface area contributed by atoms with E-state index in [1.165, 1.54) is 0 Å². The lowest BCUT2D eigenvalue weighted by atomic mass is 10.1. The molecule has 7 nitrogen and oxygen atoms in total. The predicted molar refractivity (Wildman–Crippen MR) is 104 cm³/mol.